The summed E-state index contributed by atoms with van der Waals surface area (Å²) in [5, 5.41) is 12.6. The zero-order chi connectivity index (χ0) is 27.2. The number of carbonyl (C=O) groups excluding carboxylic acids is 1. The van der Waals surface area contributed by atoms with Crippen LogP contribution in [0.3, 0.4) is 0 Å². The lowest BCUT2D eigenvalue weighted by atomic mass is 9.55. The molecule has 2 atom stereocenters. The molecular formula is C26H36N2O7S. The van der Waals surface area contributed by atoms with Crippen molar-refractivity contribution in [2.24, 2.45) is 11.1 Å². The molecule has 0 bridgehead atoms. The molecule has 0 aromatic heterocycles. The van der Waals surface area contributed by atoms with Gasteiger partial charge in [-0.3, -0.25) is 4.72 Å². The van der Waals surface area contributed by atoms with E-state index < -0.39 is 38.3 Å². The zero-order valence-corrected chi connectivity index (χ0v) is 22.7. The Kier molecular flexibility index (Phi) is 7.02. The molecule has 9 nitrogen and oxygen atoms in total. The van der Waals surface area contributed by atoms with Crippen LogP contribution in [0.5, 0.6) is 11.5 Å². The van der Waals surface area contributed by atoms with Gasteiger partial charge in [-0.05, 0) is 38.3 Å². The van der Waals surface area contributed by atoms with E-state index in [1.807, 2.05) is 51.1 Å². The number of nitrogens with two attached hydrogens (primary N) is 1. The first-order valence-electron chi connectivity index (χ1n) is 11.6. The maximum atomic E-state index is 12.6. The van der Waals surface area contributed by atoms with Gasteiger partial charge in [0.15, 0.2) is 5.60 Å². The van der Waals surface area contributed by atoms with Crippen molar-refractivity contribution in [2.75, 3.05) is 18.1 Å². The first-order valence-corrected chi connectivity index (χ1v) is 13.5. The van der Waals surface area contributed by atoms with Crippen molar-refractivity contribution in [2.45, 2.75) is 64.3 Å². The predicted octanol–water partition coefficient (Wildman–Crippen LogP) is 3.94. The first-order chi connectivity index (χ1) is 16.5. The number of anilines is 1. The molecular weight excluding hydrogens is 484 g/mol. The minimum absolute atomic E-state index is 0.145. The molecule has 2 aromatic rings. The zero-order valence-electron chi connectivity index (χ0n) is 21.8. The van der Waals surface area contributed by atoms with Crippen LogP contribution in [-0.2, 0) is 26.8 Å². The molecule has 0 fully saturated rings. The highest BCUT2D eigenvalue weighted by atomic mass is 32.2. The molecule has 0 spiro atoms. The van der Waals surface area contributed by atoms with E-state index in [4.69, 9.17) is 19.9 Å². The molecule has 1 heterocycles. The van der Waals surface area contributed by atoms with Gasteiger partial charge in [-0.2, -0.15) is 0 Å². The van der Waals surface area contributed by atoms with E-state index in [0.717, 1.165) is 11.8 Å². The summed E-state index contributed by atoms with van der Waals surface area (Å²) >= 11 is 0. The highest BCUT2D eigenvalue weighted by molar-refractivity contribution is 7.92. The number of fused-ring (bicyclic) bond motifs is 1. The summed E-state index contributed by atoms with van der Waals surface area (Å²) in [5.41, 5.74) is 1.41. The maximum Gasteiger partial charge on any atom is 0.405 e. The molecule has 4 N–H and O–H groups in total. The van der Waals surface area contributed by atoms with Crippen LogP contribution in [0.15, 0.2) is 42.5 Å². The lowest BCUT2D eigenvalue weighted by Gasteiger charge is -2.61. The number of aliphatic hydroxyl groups is 1. The van der Waals surface area contributed by atoms with Gasteiger partial charge in [0.1, 0.15) is 22.7 Å². The number of rotatable bonds is 7. The third-order valence-corrected chi connectivity index (χ3v) is 7.44. The number of carbonyl (C=O) groups is 1. The fourth-order valence-electron chi connectivity index (χ4n) is 5.29. The van der Waals surface area contributed by atoms with E-state index in [1.54, 1.807) is 13.8 Å². The number of primary amides is 1. The van der Waals surface area contributed by atoms with Crippen LogP contribution in [0, 0.1) is 5.41 Å². The minimum Gasteiger partial charge on any atom is -0.495 e. The van der Waals surface area contributed by atoms with Crippen LogP contribution in [0.4, 0.5) is 10.5 Å². The van der Waals surface area contributed by atoms with Gasteiger partial charge in [-0.15, -0.1) is 0 Å². The molecule has 1 aliphatic heterocycles. The molecule has 1 amide bonds. The Labute approximate surface area is 213 Å². The number of amides is 1. The molecule has 3 rings (SSSR count). The Morgan fingerprint density at radius 1 is 1.17 bits per heavy atom. The summed E-state index contributed by atoms with van der Waals surface area (Å²) < 4.78 is 44.2. The van der Waals surface area contributed by atoms with Crippen molar-refractivity contribution in [3.05, 3.63) is 53.6 Å². The highest BCUT2D eigenvalue weighted by Crippen LogP contribution is 2.62. The van der Waals surface area contributed by atoms with Gasteiger partial charge in [0.25, 0.3) is 0 Å². The van der Waals surface area contributed by atoms with Crippen LogP contribution >= 0.6 is 0 Å². The fraction of sp³-hybridized carbons (Fsp3) is 0.500. The Balaban J connectivity index is 2.35. The van der Waals surface area contributed by atoms with Crippen molar-refractivity contribution in [1.82, 2.24) is 0 Å². The molecule has 36 heavy (non-hydrogen) atoms. The van der Waals surface area contributed by atoms with Crippen molar-refractivity contribution >= 4 is 21.8 Å². The van der Waals surface area contributed by atoms with Crippen LogP contribution < -0.4 is 19.9 Å². The molecule has 10 heteroatoms. The van der Waals surface area contributed by atoms with Gasteiger partial charge in [0.05, 0.1) is 19.1 Å². The van der Waals surface area contributed by atoms with E-state index in [-0.39, 0.29) is 23.6 Å². The second-order valence-corrected chi connectivity index (χ2v) is 12.5. The summed E-state index contributed by atoms with van der Waals surface area (Å²) in [6.45, 7) is 8.93. The van der Waals surface area contributed by atoms with Gasteiger partial charge < -0.3 is 25.1 Å². The van der Waals surface area contributed by atoms with Crippen LogP contribution in [0.1, 0.15) is 52.2 Å². The van der Waals surface area contributed by atoms with Crippen LogP contribution in [0.2, 0.25) is 0 Å². The Hall–Kier alpha value is -2.98. The largest absolute Gasteiger partial charge is 0.495 e. The van der Waals surface area contributed by atoms with Crippen molar-refractivity contribution in [3.8, 4) is 11.5 Å². The van der Waals surface area contributed by atoms with E-state index in [2.05, 4.69) is 4.72 Å². The normalized spacial score (nSPS) is 23.2. The minimum atomic E-state index is -3.64. The number of nitrogens with one attached hydrogen (secondary N) is 1. The predicted molar refractivity (Wildman–Crippen MR) is 138 cm³/mol. The lowest BCUT2D eigenvalue weighted by Crippen LogP contribution is -2.73. The van der Waals surface area contributed by atoms with E-state index >= 15 is 0 Å². The first kappa shape index (κ1) is 27.6. The number of methoxy groups -OCH3 is 1. The highest BCUT2D eigenvalue weighted by Gasteiger charge is 2.71. The number of hydrogen-bond acceptors (Lipinski definition) is 7. The summed E-state index contributed by atoms with van der Waals surface area (Å²) in [6.07, 6.45) is 0.586. The summed E-state index contributed by atoms with van der Waals surface area (Å²) in [5.74, 6) is 0.391. The second kappa shape index (κ2) is 9.15. The smallest absolute Gasteiger partial charge is 0.405 e. The maximum absolute atomic E-state index is 12.6. The molecule has 0 saturated heterocycles. The third-order valence-electron chi connectivity index (χ3n) is 6.85. The Morgan fingerprint density at radius 2 is 1.78 bits per heavy atom. The van der Waals surface area contributed by atoms with Gasteiger partial charge in [-0.1, -0.05) is 51.1 Å². The standard InChI is InChI=1S/C26H36N2O7S/c1-23(2,3)26(35-22(27)29)18-15-21(33-6)19(28-36(7,31)32)16-20(18)34-24(4,5)25(26,30)14-13-17-11-9-8-10-12-17/h8-12,15-16,28,30H,13-14H2,1-7H3,(H2,27,29)/t25-,26-/m1/s1. The molecule has 2 aromatic carbocycles. The number of benzene rings is 2. The monoisotopic (exact) mass is 520 g/mol. The van der Waals surface area contributed by atoms with Gasteiger partial charge in [-0.25, -0.2) is 13.2 Å². The molecule has 0 aliphatic carbocycles. The molecule has 0 radical (unpaired) electrons. The molecule has 0 unspecified atom stereocenters. The number of ether oxygens (including phenoxy) is 3. The number of sulfonamides is 1. The van der Waals surface area contributed by atoms with E-state index in [0.29, 0.717) is 12.0 Å². The van der Waals surface area contributed by atoms with Gasteiger partial charge in [0.2, 0.25) is 10.0 Å². The third kappa shape index (κ3) is 4.71. The second-order valence-electron chi connectivity index (χ2n) is 10.7. The lowest BCUT2D eigenvalue weighted by molar-refractivity contribution is -0.281. The van der Waals surface area contributed by atoms with Gasteiger partial charge >= 0.3 is 6.09 Å². The quantitative estimate of drug-likeness (QED) is 0.503. The van der Waals surface area contributed by atoms with Gasteiger partial charge in [0, 0.05) is 17.0 Å². The molecule has 198 valence electrons. The van der Waals surface area contributed by atoms with E-state index in [9.17, 15) is 18.3 Å². The Morgan fingerprint density at radius 3 is 2.28 bits per heavy atom. The average molecular weight is 521 g/mol. The fourth-order valence-corrected chi connectivity index (χ4v) is 5.85. The molecule has 1 aliphatic rings. The van der Waals surface area contributed by atoms with E-state index in [1.165, 1.54) is 19.2 Å². The number of aryl methyl sites for hydroxylation is 1. The average Bonchev–Trinajstić information content (AvgIpc) is 2.73. The van der Waals surface area contributed by atoms with Crippen molar-refractivity contribution in [1.29, 1.82) is 0 Å². The number of hydrogen-bond donors (Lipinski definition) is 3. The summed E-state index contributed by atoms with van der Waals surface area (Å²) in [7, 11) is -2.26. The Bertz CT molecular complexity index is 1240. The van der Waals surface area contributed by atoms with Crippen molar-refractivity contribution < 1.29 is 32.5 Å². The summed E-state index contributed by atoms with van der Waals surface area (Å²) in [6, 6.07) is 12.6. The summed E-state index contributed by atoms with van der Waals surface area (Å²) in [4.78, 5) is 12.4. The van der Waals surface area contributed by atoms with Crippen LogP contribution in [0.25, 0.3) is 0 Å². The SMILES string of the molecule is COc1cc2c(cc1NS(C)(=O)=O)OC(C)(C)[C@](O)(CCc1ccccc1)[C@]2(OC(N)=O)C(C)(C)C. The topological polar surface area (TPSA) is 137 Å². The van der Waals surface area contributed by atoms with Crippen molar-refractivity contribution in [3.63, 3.8) is 0 Å². The van der Waals surface area contributed by atoms with Crippen LogP contribution in [-0.4, -0.2) is 44.2 Å². The molecule has 0 saturated carbocycles.